The fourth-order valence-electron chi connectivity index (χ4n) is 2.39. The normalized spacial score (nSPS) is 10.3. The lowest BCUT2D eigenvalue weighted by Crippen LogP contribution is -2.30. The minimum atomic E-state index is -0.467. The van der Waals surface area contributed by atoms with Gasteiger partial charge < -0.3 is 15.8 Å². The first-order valence-corrected chi connectivity index (χ1v) is 9.35. The highest BCUT2D eigenvalue weighted by Crippen LogP contribution is 2.26. The summed E-state index contributed by atoms with van der Waals surface area (Å²) < 4.78 is 5.41. The van der Waals surface area contributed by atoms with Gasteiger partial charge >= 0.3 is 0 Å². The Hall–Kier alpha value is -3.23. The number of amides is 1. The van der Waals surface area contributed by atoms with Crippen molar-refractivity contribution in [1.29, 1.82) is 0 Å². The third kappa shape index (κ3) is 5.18. The van der Waals surface area contributed by atoms with Crippen molar-refractivity contribution in [3.63, 3.8) is 0 Å². The zero-order valence-corrected chi connectivity index (χ0v) is 16.9. The number of nitrogen functional groups attached to an aromatic ring is 1. The number of rotatable bonds is 7. The molecule has 5 N–H and O–H groups in total. The van der Waals surface area contributed by atoms with E-state index in [1.165, 1.54) is 18.5 Å². The highest BCUT2D eigenvalue weighted by molar-refractivity contribution is 6.36. The second-order valence-electron chi connectivity index (χ2n) is 5.77. The lowest BCUT2D eigenvalue weighted by atomic mass is 10.2. The number of hydrogen-bond acceptors (Lipinski definition) is 7. The predicted molar refractivity (Wildman–Crippen MR) is 115 cm³/mol. The van der Waals surface area contributed by atoms with Gasteiger partial charge in [-0.1, -0.05) is 23.2 Å². The number of ether oxygens (including phenoxy) is 1. The van der Waals surface area contributed by atoms with E-state index < -0.39 is 5.91 Å². The molecule has 1 heterocycles. The molecule has 8 nitrogen and oxygen atoms in total. The van der Waals surface area contributed by atoms with E-state index >= 15 is 0 Å². The second kappa shape index (κ2) is 9.31. The Labute approximate surface area is 177 Å². The molecular weight excluding hydrogens is 415 g/mol. The third-order valence-electron chi connectivity index (χ3n) is 3.78. The van der Waals surface area contributed by atoms with Gasteiger partial charge in [-0.3, -0.25) is 15.6 Å². The lowest BCUT2D eigenvalue weighted by Gasteiger charge is -2.14. The van der Waals surface area contributed by atoms with Crippen molar-refractivity contribution in [3.05, 3.63) is 64.4 Å². The molecule has 0 atom stereocenters. The second-order valence-corrected chi connectivity index (χ2v) is 6.61. The van der Waals surface area contributed by atoms with Gasteiger partial charge in [0.1, 0.15) is 17.8 Å². The molecule has 0 aliphatic heterocycles. The van der Waals surface area contributed by atoms with Gasteiger partial charge in [-0.25, -0.2) is 9.97 Å². The zero-order chi connectivity index (χ0) is 20.8. The maximum atomic E-state index is 12.3. The average molecular weight is 433 g/mol. The number of halogens is 2. The van der Waals surface area contributed by atoms with Crippen LogP contribution in [0.5, 0.6) is 5.75 Å². The van der Waals surface area contributed by atoms with E-state index in [0.717, 1.165) is 11.4 Å². The minimum absolute atomic E-state index is 0.226. The van der Waals surface area contributed by atoms with Crippen LogP contribution in [0.15, 0.2) is 48.8 Å². The molecule has 0 aliphatic carbocycles. The first-order valence-electron chi connectivity index (χ1n) is 8.59. The van der Waals surface area contributed by atoms with Gasteiger partial charge in [0, 0.05) is 10.7 Å². The van der Waals surface area contributed by atoms with E-state index in [4.69, 9.17) is 33.7 Å². The zero-order valence-electron chi connectivity index (χ0n) is 15.4. The summed E-state index contributed by atoms with van der Waals surface area (Å²) in [6.07, 6.45) is 1.32. The number of hydrazine groups is 1. The van der Waals surface area contributed by atoms with Gasteiger partial charge in [0.15, 0.2) is 11.6 Å². The predicted octanol–water partition coefficient (Wildman–Crippen LogP) is 4.26. The van der Waals surface area contributed by atoms with Crippen LogP contribution < -0.4 is 26.6 Å². The molecule has 1 amide bonds. The first-order chi connectivity index (χ1) is 14.0. The molecule has 29 heavy (non-hydrogen) atoms. The molecule has 0 saturated heterocycles. The summed E-state index contributed by atoms with van der Waals surface area (Å²) in [5, 5.41) is 3.76. The number of nitrogens with two attached hydrogens (primary N) is 1. The smallest absolute Gasteiger partial charge is 0.271 e. The third-order valence-corrected chi connectivity index (χ3v) is 4.33. The standard InChI is InChI=1S/C19H18Cl2N6O2/c1-2-29-13-6-4-12(5-7-13)25-17-16(22)18(24-10-23-17)26-27-19(28)14-8-3-11(20)9-15(14)21/h3-10H,2,22H2,1H3,(H,27,28)(H2,23,24,25,26). The molecule has 1 aromatic heterocycles. The van der Waals surface area contributed by atoms with Crippen molar-refractivity contribution >= 4 is 52.1 Å². The van der Waals surface area contributed by atoms with Crippen molar-refractivity contribution in [2.75, 3.05) is 23.1 Å². The fourth-order valence-corrected chi connectivity index (χ4v) is 2.88. The number of anilines is 4. The van der Waals surface area contributed by atoms with Crippen molar-refractivity contribution in [1.82, 2.24) is 15.4 Å². The van der Waals surface area contributed by atoms with Gasteiger partial charge in [-0.05, 0) is 49.4 Å². The highest BCUT2D eigenvalue weighted by atomic mass is 35.5. The highest BCUT2D eigenvalue weighted by Gasteiger charge is 2.13. The van der Waals surface area contributed by atoms with E-state index in [2.05, 4.69) is 26.1 Å². The van der Waals surface area contributed by atoms with Crippen molar-refractivity contribution in [3.8, 4) is 5.75 Å². The topological polar surface area (TPSA) is 114 Å². The van der Waals surface area contributed by atoms with Crippen LogP contribution in [0, 0.1) is 0 Å². The maximum absolute atomic E-state index is 12.3. The summed E-state index contributed by atoms with van der Waals surface area (Å²) in [6.45, 7) is 2.51. The number of carbonyl (C=O) groups is 1. The molecule has 0 aliphatic rings. The molecule has 0 bridgehead atoms. The Morgan fingerprint density at radius 3 is 2.52 bits per heavy atom. The van der Waals surface area contributed by atoms with Crippen LogP contribution in [0.25, 0.3) is 0 Å². The molecule has 2 aromatic carbocycles. The molecular formula is C19H18Cl2N6O2. The lowest BCUT2D eigenvalue weighted by molar-refractivity contribution is 0.0962. The SMILES string of the molecule is CCOc1ccc(Nc2ncnc(NNC(=O)c3ccc(Cl)cc3Cl)c2N)cc1. The van der Waals surface area contributed by atoms with E-state index in [0.29, 0.717) is 17.4 Å². The molecule has 0 saturated carbocycles. The molecule has 0 unspecified atom stereocenters. The van der Waals surface area contributed by atoms with E-state index in [1.54, 1.807) is 6.07 Å². The summed E-state index contributed by atoms with van der Waals surface area (Å²) in [5.41, 5.74) is 12.5. The monoisotopic (exact) mass is 432 g/mol. The number of benzene rings is 2. The first kappa shape index (κ1) is 20.5. The Bertz CT molecular complexity index is 1010. The van der Waals surface area contributed by atoms with E-state index in [-0.39, 0.29) is 22.1 Å². The largest absolute Gasteiger partial charge is 0.494 e. The number of carbonyl (C=O) groups excluding carboxylic acids is 1. The van der Waals surface area contributed by atoms with Crippen LogP contribution in [0.1, 0.15) is 17.3 Å². The van der Waals surface area contributed by atoms with Gasteiger partial charge in [0.25, 0.3) is 5.91 Å². The van der Waals surface area contributed by atoms with Crippen LogP contribution in [-0.2, 0) is 0 Å². The van der Waals surface area contributed by atoms with E-state index in [9.17, 15) is 4.79 Å². The van der Waals surface area contributed by atoms with Gasteiger partial charge in [0.2, 0.25) is 0 Å². The van der Waals surface area contributed by atoms with Crippen molar-refractivity contribution in [2.45, 2.75) is 6.92 Å². The maximum Gasteiger partial charge on any atom is 0.271 e. The Morgan fingerprint density at radius 2 is 1.83 bits per heavy atom. The fraction of sp³-hybridized carbons (Fsp3) is 0.105. The Kier molecular flexibility index (Phi) is 6.58. The Balaban J connectivity index is 1.69. The molecule has 0 spiro atoms. The van der Waals surface area contributed by atoms with Gasteiger partial charge in [0.05, 0.1) is 17.2 Å². The van der Waals surface area contributed by atoms with Crippen LogP contribution in [0.4, 0.5) is 23.0 Å². The van der Waals surface area contributed by atoms with Gasteiger partial charge in [-0.15, -0.1) is 0 Å². The molecule has 3 aromatic rings. The van der Waals surface area contributed by atoms with Crippen molar-refractivity contribution < 1.29 is 9.53 Å². The number of hydrogen-bond donors (Lipinski definition) is 4. The van der Waals surface area contributed by atoms with E-state index in [1.807, 2.05) is 31.2 Å². The molecule has 0 radical (unpaired) electrons. The number of nitrogens with one attached hydrogen (secondary N) is 3. The van der Waals surface area contributed by atoms with Crippen LogP contribution in [-0.4, -0.2) is 22.5 Å². The molecule has 0 fully saturated rings. The summed E-state index contributed by atoms with van der Waals surface area (Å²) in [4.78, 5) is 20.5. The van der Waals surface area contributed by atoms with Crippen LogP contribution >= 0.6 is 23.2 Å². The minimum Gasteiger partial charge on any atom is -0.494 e. The van der Waals surface area contributed by atoms with Crippen LogP contribution in [0.3, 0.4) is 0 Å². The molecule has 3 rings (SSSR count). The number of aromatic nitrogens is 2. The number of nitrogens with zero attached hydrogens (tertiary/aromatic N) is 2. The Morgan fingerprint density at radius 1 is 1.10 bits per heavy atom. The molecule has 10 heteroatoms. The quantitative estimate of drug-likeness (QED) is 0.412. The van der Waals surface area contributed by atoms with Crippen LogP contribution in [0.2, 0.25) is 10.0 Å². The summed E-state index contributed by atoms with van der Waals surface area (Å²) >= 11 is 11.9. The summed E-state index contributed by atoms with van der Waals surface area (Å²) in [7, 11) is 0. The molecule has 150 valence electrons. The summed E-state index contributed by atoms with van der Waals surface area (Å²) in [5.74, 6) is 0.905. The van der Waals surface area contributed by atoms with Crippen molar-refractivity contribution in [2.24, 2.45) is 0 Å². The van der Waals surface area contributed by atoms with Gasteiger partial charge in [-0.2, -0.15) is 0 Å². The average Bonchev–Trinajstić information content (AvgIpc) is 2.70. The summed E-state index contributed by atoms with van der Waals surface area (Å²) in [6, 6.07) is 11.9.